The summed E-state index contributed by atoms with van der Waals surface area (Å²) in [5.41, 5.74) is 7.56. The summed E-state index contributed by atoms with van der Waals surface area (Å²) >= 11 is 0. The third kappa shape index (κ3) is 3.07. The summed E-state index contributed by atoms with van der Waals surface area (Å²) in [5, 5.41) is 2.99. The van der Waals surface area contributed by atoms with Crippen molar-refractivity contribution in [2.45, 2.75) is 26.2 Å². The maximum atomic E-state index is 12.3. The van der Waals surface area contributed by atoms with E-state index in [0.717, 1.165) is 36.3 Å². The van der Waals surface area contributed by atoms with Crippen molar-refractivity contribution < 1.29 is 9.53 Å². The van der Waals surface area contributed by atoms with E-state index in [9.17, 15) is 4.79 Å². The van der Waals surface area contributed by atoms with Crippen molar-refractivity contribution in [1.82, 2.24) is 0 Å². The second kappa shape index (κ2) is 6.06. The number of hydrogen-bond donors (Lipinski definition) is 2. The van der Waals surface area contributed by atoms with Crippen LogP contribution in [0.25, 0.3) is 0 Å². The zero-order valence-corrected chi connectivity index (χ0v) is 11.6. The Bertz CT molecular complexity index is 459. The van der Waals surface area contributed by atoms with Crippen LogP contribution in [0.2, 0.25) is 0 Å². The number of carbonyl (C=O) groups is 1. The molecule has 2 atom stereocenters. The topological polar surface area (TPSA) is 64.3 Å². The fraction of sp³-hybridized carbons (Fsp3) is 0.533. The van der Waals surface area contributed by atoms with Crippen molar-refractivity contribution in [3.05, 3.63) is 23.8 Å². The SMILES string of the molecule is COc1ccc(NC(=O)C2CCCC2CN)cc1C. The maximum absolute atomic E-state index is 12.3. The normalized spacial score (nSPS) is 22.3. The van der Waals surface area contributed by atoms with Gasteiger partial charge in [0, 0.05) is 11.6 Å². The average molecular weight is 262 g/mol. The van der Waals surface area contributed by atoms with Crippen LogP contribution in [0, 0.1) is 18.8 Å². The highest BCUT2D eigenvalue weighted by Crippen LogP contribution is 2.32. The number of carbonyl (C=O) groups excluding carboxylic acids is 1. The molecule has 4 heteroatoms. The number of anilines is 1. The van der Waals surface area contributed by atoms with Gasteiger partial charge in [-0.3, -0.25) is 4.79 Å². The van der Waals surface area contributed by atoms with Crippen molar-refractivity contribution in [2.24, 2.45) is 17.6 Å². The first-order valence-electron chi connectivity index (χ1n) is 6.81. The van der Waals surface area contributed by atoms with Gasteiger partial charge in [-0.1, -0.05) is 6.42 Å². The average Bonchev–Trinajstić information content (AvgIpc) is 2.87. The predicted molar refractivity (Wildman–Crippen MR) is 76.2 cm³/mol. The first-order valence-corrected chi connectivity index (χ1v) is 6.81. The molecule has 2 rings (SSSR count). The Labute approximate surface area is 114 Å². The summed E-state index contributed by atoms with van der Waals surface area (Å²) in [6.07, 6.45) is 3.11. The summed E-state index contributed by atoms with van der Waals surface area (Å²) in [7, 11) is 1.64. The van der Waals surface area contributed by atoms with Gasteiger partial charge >= 0.3 is 0 Å². The van der Waals surface area contributed by atoms with Crippen LogP contribution in [0.3, 0.4) is 0 Å². The van der Waals surface area contributed by atoms with Gasteiger partial charge in [0.05, 0.1) is 7.11 Å². The Morgan fingerprint density at radius 2 is 2.26 bits per heavy atom. The summed E-state index contributed by atoms with van der Waals surface area (Å²) in [6, 6.07) is 5.68. The number of amides is 1. The van der Waals surface area contributed by atoms with Gasteiger partial charge in [-0.25, -0.2) is 0 Å². The van der Waals surface area contributed by atoms with Gasteiger partial charge in [-0.2, -0.15) is 0 Å². The molecular formula is C15H22N2O2. The number of methoxy groups -OCH3 is 1. The third-order valence-corrected chi connectivity index (χ3v) is 3.96. The summed E-state index contributed by atoms with van der Waals surface area (Å²) < 4.78 is 5.21. The van der Waals surface area contributed by atoms with Crippen LogP contribution in [0.5, 0.6) is 5.75 Å². The van der Waals surface area contributed by atoms with E-state index < -0.39 is 0 Å². The second-order valence-corrected chi connectivity index (χ2v) is 5.21. The number of aryl methyl sites for hydroxylation is 1. The van der Waals surface area contributed by atoms with Gasteiger partial charge in [0.15, 0.2) is 0 Å². The van der Waals surface area contributed by atoms with Gasteiger partial charge in [0.1, 0.15) is 5.75 Å². The highest BCUT2D eigenvalue weighted by atomic mass is 16.5. The van der Waals surface area contributed by atoms with Crippen molar-refractivity contribution in [3.8, 4) is 5.75 Å². The van der Waals surface area contributed by atoms with Crippen molar-refractivity contribution in [2.75, 3.05) is 19.0 Å². The van der Waals surface area contributed by atoms with Crippen LogP contribution < -0.4 is 15.8 Å². The molecule has 1 aliphatic rings. The summed E-state index contributed by atoms with van der Waals surface area (Å²) in [6.45, 7) is 2.56. The minimum atomic E-state index is 0.0624. The van der Waals surface area contributed by atoms with E-state index >= 15 is 0 Å². The number of nitrogens with one attached hydrogen (secondary N) is 1. The van der Waals surface area contributed by atoms with E-state index in [1.165, 1.54) is 0 Å². The molecule has 19 heavy (non-hydrogen) atoms. The molecule has 1 aromatic carbocycles. The second-order valence-electron chi connectivity index (χ2n) is 5.21. The van der Waals surface area contributed by atoms with Crippen molar-refractivity contribution >= 4 is 11.6 Å². The number of hydrogen-bond acceptors (Lipinski definition) is 3. The van der Waals surface area contributed by atoms with E-state index in [1.807, 2.05) is 25.1 Å². The molecule has 4 nitrogen and oxygen atoms in total. The first-order chi connectivity index (χ1) is 9.15. The van der Waals surface area contributed by atoms with Gasteiger partial charge in [-0.15, -0.1) is 0 Å². The van der Waals surface area contributed by atoms with E-state index in [1.54, 1.807) is 7.11 Å². The van der Waals surface area contributed by atoms with Crippen molar-refractivity contribution in [1.29, 1.82) is 0 Å². The molecule has 0 heterocycles. The highest BCUT2D eigenvalue weighted by Gasteiger charge is 2.31. The number of benzene rings is 1. The molecule has 3 N–H and O–H groups in total. The molecule has 1 amide bonds. The third-order valence-electron chi connectivity index (χ3n) is 3.96. The lowest BCUT2D eigenvalue weighted by molar-refractivity contribution is -0.120. The van der Waals surface area contributed by atoms with E-state index in [0.29, 0.717) is 12.5 Å². The van der Waals surface area contributed by atoms with Crippen LogP contribution in [-0.4, -0.2) is 19.6 Å². The molecule has 104 valence electrons. The molecule has 1 aromatic rings. The lowest BCUT2D eigenvalue weighted by atomic mass is 9.95. The van der Waals surface area contributed by atoms with Crippen LogP contribution in [0.4, 0.5) is 5.69 Å². The van der Waals surface area contributed by atoms with E-state index in [4.69, 9.17) is 10.5 Å². The first kappa shape index (κ1) is 13.9. The van der Waals surface area contributed by atoms with Gasteiger partial charge in [0.2, 0.25) is 5.91 Å². The Hall–Kier alpha value is -1.55. The minimum absolute atomic E-state index is 0.0624. The lowest BCUT2D eigenvalue weighted by Crippen LogP contribution is -2.29. The highest BCUT2D eigenvalue weighted by molar-refractivity contribution is 5.93. The van der Waals surface area contributed by atoms with Gasteiger partial charge in [0.25, 0.3) is 0 Å². The molecular weight excluding hydrogens is 240 g/mol. The number of rotatable bonds is 4. The lowest BCUT2D eigenvalue weighted by Gasteiger charge is -2.17. The van der Waals surface area contributed by atoms with Crippen LogP contribution >= 0.6 is 0 Å². The van der Waals surface area contributed by atoms with E-state index in [2.05, 4.69) is 5.32 Å². The summed E-state index contributed by atoms with van der Waals surface area (Å²) in [5.74, 6) is 1.32. The molecule has 1 aliphatic carbocycles. The molecule has 1 fully saturated rings. The van der Waals surface area contributed by atoms with Crippen molar-refractivity contribution in [3.63, 3.8) is 0 Å². The number of ether oxygens (including phenoxy) is 1. The fourth-order valence-electron chi connectivity index (χ4n) is 2.86. The predicted octanol–water partition coefficient (Wildman–Crippen LogP) is 2.32. The monoisotopic (exact) mass is 262 g/mol. The largest absolute Gasteiger partial charge is 0.496 e. The quantitative estimate of drug-likeness (QED) is 0.875. The van der Waals surface area contributed by atoms with E-state index in [-0.39, 0.29) is 11.8 Å². The summed E-state index contributed by atoms with van der Waals surface area (Å²) in [4.78, 5) is 12.3. The Morgan fingerprint density at radius 1 is 1.47 bits per heavy atom. The molecule has 0 spiro atoms. The van der Waals surface area contributed by atoms with Crippen LogP contribution in [0.15, 0.2) is 18.2 Å². The smallest absolute Gasteiger partial charge is 0.227 e. The zero-order chi connectivity index (χ0) is 13.8. The standard InChI is InChI=1S/C15H22N2O2/c1-10-8-12(6-7-14(10)19-2)17-15(18)13-5-3-4-11(13)9-16/h6-8,11,13H,3-5,9,16H2,1-2H3,(H,17,18). The molecule has 2 unspecified atom stereocenters. The molecule has 0 aromatic heterocycles. The molecule has 0 aliphatic heterocycles. The number of nitrogens with two attached hydrogens (primary N) is 1. The van der Waals surface area contributed by atoms with Gasteiger partial charge in [-0.05, 0) is 56.0 Å². The van der Waals surface area contributed by atoms with Crippen LogP contribution in [0.1, 0.15) is 24.8 Å². The zero-order valence-electron chi connectivity index (χ0n) is 11.6. The Balaban J connectivity index is 2.04. The minimum Gasteiger partial charge on any atom is -0.496 e. The Kier molecular flexibility index (Phi) is 4.43. The molecule has 1 saturated carbocycles. The fourth-order valence-corrected chi connectivity index (χ4v) is 2.86. The molecule has 0 radical (unpaired) electrons. The Morgan fingerprint density at radius 3 is 2.89 bits per heavy atom. The molecule has 0 bridgehead atoms. The van der Waals surface area contributed by atoms with Crippen LogP contribution in [-0.2, 0) is 4.79 Å². The maximum Gasteiger partial charge on any atom is 0.227 e. The molecule has 0 saturated heterocycles. The van der Waals surface area contributed by atoms with Gasteiger partial charge < -0.3 is 15.8 Å².